The van der Waals surface area contributed by atoms with Gasteiger partial charge in [0.1, 0.15) is 0 Å². The molecule has 154 valence electrons. The van der Waals surface area contributed by atoms with Gasteiger partial charge in [-0.05, 0) is 48.7 Å². The minimum absolute atomic E-state index is 0.157. The topological polar surface area (TPSA) is 76.4 Å². The molecule has 0 aliphatic rings. The number of fused-ring (bicyclic) bond motifs is 1. The smallest absolute Gasteiger partial charge is 0.237 e. The van der Waals surface area contributed by atoms with E-state index in [9.17, 15) is 8.42 Å². The number of nitrogens with one attached hydrogen (secondary N) is 1. The largest absolute Gasteiger partial charge is 0.241 e. The molecule has 0 radical (unpaired) electrons. The van der Waals surface area contributed by atoms with Crippen LogP contribution in [0.15, 0.2) is 78.0 Å². The Morgan fingerprint density at radius 3 is 2.50 bits per heavy atom. The van der Waals surface area contributed by atoms with Gasteiger partial charge in [-0.1, -0.05) is 48.9 Å². The number of sulfonamides is 1. The van der Waals surface area contributed by atoms with Gasteiger partial charge in [0.25, 0.3) is 0 Å². The van der Waals surface area contributed by atoms with Gasteiger partial charge >= 0.3 is 0 Å². The number of benzene rings is 2. The van der Waals surface area contributed by atoms with Crippen molar-refractivity contribution in [1.29, 1.82) is 0 Å². The van der Waals surface area contributed by atoms with Crippen molar-refractivity contribution in [3.8, 4) is 0 Å². The number of aryl methyl sites for hydroxylation is 1. The van der Waals surface area contributed by atoms with Crippen molar-refractivity contribution < 1.29 is 8.42 Å². The van der Waals surface area contributed by atoms with E-state index in [1.807, 2.05) is 43.5 Å². The first-order chi connectivity index (χ1) is 14.5. The van der Waals surface area contributed by atoms with Crippen molar-refractivity contribution in [2.75, 3.05) is 0 Å². The maximum absolute atomic E-state index is 13.1. The highest BCUT2D eigenvalue weighted by atomic mass is 35.5. The van der Waals surface area contributed by atoms with Crippen LogP contribution < -0.4 is 4.72 Å². The zero-order chi connectivity index (χ0) is 21.1. The molecule has 0 aliphatic carbocycles. The Morgan fingerprint density at radius 1 is 1.07 bits per heavy atom. The monoisotopic (exact) mass is 440 g/mol. The van der Waals surface area contributed by atoms with Crippen molar-refractivity contribution in [1.82, 2.24) is 19.3 Å². The van der Waals surface area contributed by atoms with Gasteiger partial charge in [0.05, 0.1) is 16.6 Å². The summed E-state index contributed by atoms with van der Waals surface area (Å²) in [5.41, 5.74) is 3.35. The molecule has 2 aromatic carbocycles. The average Bonchev–Trinajstić information content (AvgIpc) is 3.13. The molecule has 2 heterocycles. The summed E-state index contributed by atoms with van der Waals surface area (Å²) in [6, 6.07) is 17.1. The Bertz CT molecular complexity index is 1260. The van der Waals surface area contributed by atoms with E-state index in [-0.39, 0.29) is 4.90 Å². The van der Waals surface area contributed by atoms with Crippen LogP contribution in [0.3, 0.4) is 0 Å². The molecule has 1 unspecified atom stereocenters. The number of hydrogen-bond donors (Lipinski definition) is 1. The van der Waals surface area contributed by atoms with E-state index in [1.165, 1.54) is 12.1 Å². The molecule has 0 saturated carbocycles. The third kappa shape index (κ3) is 4.23. The van der Waals surface area contributed by atoms with Crippen molar-refractivity contribution in [3.05, 3.63) is 94.9 Å². The molecule has 0 spiro atoms. The van der Waals surface area contributed by atoms with Gasteiger partial charge in [-0.15, -0.1) is 0 Å². The molecule has 0 fully saturated rings. The second-order valence-electron chi connectivity index (χ2n) is 6.92. The van der Waals surface area contributed by atoms with Crippen LogP contribution in [0.5, 0.6) is 0 Å². The molecule has 30 heavy (non-hydrogen) atoms. The second kappa shape index (κ2) is 8.55. The minimum atomic E-state index is -3.79. The molecule has 1 atom stereocenters. The van der Waals surface area contributed by atoms with Gasteiger partial charge in [0.2, 0.25) is 10.0 Å². The molecule has 2 aromatic heterocycles. The van der Waals surface area contributed by atoms with Crippen LogP contribution in [-0.2, 0) is 22.9 Å². The Balaban J connectivity index is 1.78. The van der Waals surface area contributed by atoms with Crippen molar-refractivity contribution >= 4 is 27.3 Å². The summed E-state index contributed by atoms with van der Waals surface area (Å²) in [5, 5.41) is 5.16. The van der Waals surface area contributed by atoms with Gasteiger partial charge in [0.15, 0.2) is 5.65 Å². The van der Waals surface area contributed by atoms with Gasteiger partial charge in [-0.2, -0.15) is 5.10 Å². The van der Waals surface area contributed by atoms with Crippen molar-refractivity contribution in [3.63, 3.8) is 0 Å². The predicted molar refractivity (Wildman–Crippen MR) is 117 cm³/mol. The van der Waals surface area contributed by atoms with Crippen LogP contribution in [0.4, 0.5) is 0 Å². The lowest BCUT2D eigenvalue weighted by Crippen LogP contribution is -2.31. The summed E-state index contributed by atoms with van der Waals surface area (Å²) in [6.07, 6.45) is 4.68. The predicted octanol–water partition coefficient (Wildman–Crippen LogP) is 4.21. The Morgan fingerprint density at radius 2 is 1.80 bits per heavy atom. The van der Waals surface area contributed by atoms with Gasteiger partial charge in [-0.3, -0.25) is 0 Å². The number of rotatable bonds is 7. The molecule has 1 N–H and O–H groups in total. The number of halogens is 1. The molecule has 4 rings (SSSR count). The standard InChI is InChI=1S/C22H21ClN4O2S/c1-2-19-21(25-27-14-6-13-24-22(19)27)20(15-16-7-4-3-5-8-16)26-30(28,29)18-11-9-17(23)10-12-18/h3-14,20,26H,2,15H2,1H3. The molecule has 6 nitrogen and oxygen atoms in total. The molecular weight excluding hydrogens is 420 g/mol. The zero-order valence-corrected chi connectivity index (χ0v) is 17.9. The van der Waals surface area contributed by atoms with E-state index in [0.717, 1.165) is 16.8 Å². The third-order valence-corrected chi connectivity index (χ3v) is 6.65. The lowest BCUT2D eigenvalue weighted by molar-refractivity contribution is 0.547. The van der Waals surface area contributed by atoms with Crippen LogP contribution >= 0.6 is 11.6 Å². The highest BCUT2D eigenvalue weighted by Crippen LogP contribution is 2.26. The SMILES string of the molecule is CCc1c(C(Cc2ccccc2)NS(=O)(=O)c2ccc(Cl)cc2)nn2cccnc12. The van der Waals surface area contributed by atoms with E-state index < -0.39 is 16.1 Å². The minimum Gasteiger partial charge on any atom is -0.237 e. The Labute approximate surface area is 180 Å². The summed E-state index contributed by atoms with van der Waals surface area (Å²) >= 11 is 5.92. The fourth-order valence-corrected chi connectivity index (χ4v) is 4.81. The second-order valence-corrected chi connectivity index (χ2v) is 9.07. The zero-order valence-electron chi connectivity index (χ0n) is 16.4. The van der Waals surface area contributed by atoms with E-state index in [1.54, 1.807) is 28.9 Å². The summed E-state index contributed by atoms with van der Waals surface area (Å²) in [6.45, 7) is 2.02. The quantitative estimate of drug-likeness (QED) is 0.467. The molecule has 4 aromatic rings. The summed E-state index contributed by atoms with van der Waals surface area (Å²) < 4.78 is 30.8. The molecule has 0 aliphatic heterocycles. The first-order valence-electron chi connectivity index (χ1n) is 9.62. The molecule has 8 heteroatoms. The summed E-state index contributed by atoms with van der Waals surface area (Å²) in [5.74, 6) is 0. The Hall–Kier alpha value is -2.74. The van der Waals surface area contributed by atoms with E-state index in [2.05, 4.69) is 14.8 Å². The maximum Gasteiger partial charge on any atom is 0.241 e. The highest BCUT2D eigenvalue weighted by molar-refractivity contribution is 7.89. The van der Waals surface area contributed by atoms with Crippen molar-refractivity contribution in [2.24, 2.45) is 0 Å². The number of nitrogens with zero attached hydrogens (tertiary/aromatic N) is 3. The fraction of sp³-hybridized carbons (Fsp3) is 0.182. The van der Waals surface area contributed by atoms with E-state index in [0.29, 0.717) is 23.6 Å². The molecule has 0 amide bonds. The Kier molecular flexibility index (Phi) is 5.85. The van der Waals surface area contributed by atoms with Gasteiger partial charge < -0.3 is 0 Å². The van der Waals surface area contributed by atoms with Crippen LogP contribution in [0.1, 0.15) is 29.8 Å². The normalized spacial score (nSPS) is 12.9. The van der Waals surface area contributed by atoms with E-state index in [4.69, 9.17) is 11.6 Å². The third-order valence-electron chi connectivity index (χ3n) is 4.91. The summed E-state index contributed by atoms with van der Waals surface area (Å²) in [7, 11) is -3.79. The van der Waals surface area contributed by atoms with Crippen LogP contribution in [-0.4, -0.2) is 23.0 Å². The molecular formula is C22H21ClN4O2S. The van der Waals surface area contributed by atoms with Gasteiger partial charge in [0, 0.05) is 23.0 Å². The van der Waals surface area contributed by atoms with Crippen molar-refractivity contribution in [2.45, 2.75) is 30.7 Å². The first kappa shape index (κ1) is 20.5. The molecule has 0 saturated heterocycles. The average molecular weight is 441 g/mol. The fourth-order valence-electron chi connectivity index (χ4n) is 3.48. The summed E-state index contributed by atoms with van der Waals surface area (Å²) in [4.78, 5) is 4.59. The molecule has 0 bridgehead atoms. The number of hydrogen-bond acceptors (Lipinski definition) is 4. The highest BCUT2D eigenvalue weighted by Gasteiger charge is 2.27. The van der Waals surface area contributed by atoms with E-state index >= 15 is 0 Å². The van der Waals surface area contributed by atoms with Crippen LogP contribution in [0, 0.1) is 0 Å². The van der Waals surface area contributed by atoms with Crippen LogP contribution in [0.25, 0.3) is 5.65 Å². The number of aromatic nitrogens is 3. The maximum atomic E-state index is 13.1. The lowest BCUT2D eigenvalue weighted by Gasteiger charge is -2.18. The first-order valence-corrected chi connectivity index (χ1v) is 11.5. The van der Waals surface area contributed by atoms with Gasteiger partial charge in [-0.25, -0.2) is 22.6 Å². The van der Waals surface area contributed by atoms with Crippen LogP contribution in [0.2, 0.25) is 5.02 Å². The lowest BCUT2D eigenvalue weighted by atomic mass is 10.0.